The summed E-state index contributed by atoms with van der Waals surface area (Å²) in [5.74, 6) is 0.149. The number of hydrogen-bond donors (Lipinski definition) is 1. The van der Waals surface area contributed by atoms with Crippen molar-refractivity contribution in [3.63, 3.8) is 0 Å². The maximum atomic E-state index is 12.4. The van der Waals surface area contributed by atoms with Crippen molar-refractivity contribution in [3.8, 4) is 17.4 Å². The van der Waals surface area contributed by atoms with E-state index in [9.17, 15) is 20.2 Å². The zero-order valence-electron chi connectivity index (χ0n) is 15.8. The maximum Gasteiger partial charge on any atom is 0.270 e. The van der Waals surface area contributed by atoms with Crippen molar-refractivity contribution in [1.82, 2.24) is 0 Å². The van der Waals surface area contributed by atoms with Crippen molar-refractivity contribution < 1.29 is 14.1 Å². The Hall–Kier alpha value is -4.18. The van der Waals surface area contributed by atoms with Crippen LogP contribution in [0.1, 0.15) is 16.9 Å². The predicted molar refractivity (Wildman–Crippen MR) is 109 cm³/mol. The number of rotatable bonds is 5. The lowest BCUT2D eigenvalue weighted by Crippen LogP contribution is -2.13. The van der Waals surface area contributed by atoms with E-state index in [-0.39, 0.29) is 11.3 Å². The summed E-state index contributed by atoms with van der Waals surface area (Å²) in [7, 11) is 0. The van der Waals surface area contributed by atoms with Crippen molar-refractivity contribution in [2.75, 3.05) is 5.32 Å². The Morgan fingerprint density at radius 3 is 2.52 bits per heavy atom. The fourth-order valence-corrected chi connectivity index (χ4v) is 2.69. The molecule has 0 atom stereocenters. The highest BCUT2D eigenvalue weighted by molar-refractivity contribution is 6.09. The number of carbonyl (C=O) groups excluding carboxylic acids is 1. The van der Waals surface area contributed by atoms with Gasteiger partial charge >= 0.3 is 0 Å². The minimum absolute atomic E-state index is 0.0470. The van der Waals surface area contributed by atoms with Crippen LogP contribution in [0.4, 0.5) is 11.4 Å². The van der Waals surface area contributed by atoms with E-state index in [2.05, 4.69) is 5.32 Å². The van der Waals surface area contributed by atoms with E-state index in [1.54, 1.807) is 30.3 Å². The average Bonchev–Trinajstić information content (AvgIpc) is 3.16. The quantitative estimate of drug-likeness (QED) is 0.286. The van der Waals surface area contributed by atoms with E-state index < -0.39 is 10.8 Å². The number of nitro groups is 1. The molecule has 0 saturated heterocycles. The molecule has 0 saturated carbocycles. The number of nitrogens with one attached hydrogen (secondary N) is 1. The van der Waals surface area contributed by atoms with Crippen molar-refractivity contribution in [1.29, 1.82) is 5.26 Å². The van der Waals surface area contributed by atoms with E-state index in [1.807, 2.05) is 32.0 Å². The standard InChI is InChI=1S/C22H17N3O4/c1-14-3-6-17(7-4-14)24-22(26)16(13-23)11-19-9-10-21(29-19)20-12-18(25(27)28)8-5-15(20)2/h3-12H,1-2H3,(H,24,26)/b16-11+. The van der Waals surface area contributed by atoms with Crippen LogP contribution in [0.15, 0.2) is 64.6 Å². The number of hydrogen-bond acceptors (Lipinski definition) is 5. The van der Waals surface area contributed by atoms with E-state index in [4.69, 9.17) is 4.42 Å². The van der Waals surface area contributed by atoms with Gasteiger partial charge in [0.15, 0.2) is 0 Å². The Morgan fingerprint density at radius 2 is 1.86 bits per heavy atom. The largest absolute Gasteiger partial charge is 0.457 e. The van der Waals surface area contributed by atoms with Gasteiger partial charge in [-0.3, -0.25) is 14.9 Å². The smallest absolute Gasteiger partial charge is 0.270 e. The minimum Gasteiger partial charge on any atom is -0.457 e. The van der Waals surface area contributed by atoms with E-state index in [0.717, 1.165) is 11.1 Å². The van der Waals surface area contributed by atoms with Gasteiger partial charge in [-0.1, -0.05) is 23.8 Å². The SMILES string of the molecule is Cc1ccc(NC(=O)/C(C#N)=C/c2ccc(-c3cc([N+](=O)[O-])ccc3C)o2)cc1. The Labute approximate surface area is 167 Å². The number of anilines is 1. The van der Waals surface area contributed by atoms with Gasteiger partial charge in [-0.15, -0.1) is 0 Å². The van der Waals surface area contributed by atoms with Crippen LogP contribution in [-0.4, -0.2) is 10.8 Å². The molecule has 2 aromatic carbocycles. The first-order valence-electron chi connectivity index (χ1n) is 8.72. The molecule has 0 unspecified atom stereocenters. The summed E-state index contributed by atoms with van der Waals surface area (Å²) < 4.78 is 5.70. The zero-order valence-corrected chi connectivity index (χ0v) is 15.8. The molecule has 7 heteroatoms. The van der Waals surface area contributed by atoms with Gasteiger partial charge < -0.3 is 9.73 Å². The Balaban J connectivity index is 1.85. The summed E-state index contributed by atoms with van der Waals surface area (Å²) in [5.41, 5.74) is 2.84. The molecule has 29 heavy (non-hydrogen) atoms. The highest BCUT2D eigenvalue weighted by Crippen LogP contribution is 2.29. The highest BCUT2D eigenvalue weighted by Gasteiger charge is 2.14. The van der Waals surface area contributed by atoms with Crippen LogP contribution >= 0.6 is 0 Å². The molecule has 1 aromatic heterocycles. The van der Waals surface area contributed by atoms with Gasteiger partial charge in [0.1, 0.15) is 23.2 Å². The van der Waals surface area contributed by atoms with Gasteiger partial charge in [0, 0.05) is 29.5 Å². The van der Waals surface area contributed by atoms with Crippen LogP contribution < -0.4 is 5.32 Å². The van der Waals surface area contributed by atoms with Gasteiger partial charge in [0.05, 0.1) is 4.92 Å². The number of carbonyl (C=O) groups is 1. The first-order valence-corrected chi connectivity index (χ1v) is 8.72. The molecule has 1 amide bonds. The number of nitro benzene ring substituents is 1. The third-order valence-electron chi connectivity index (χ3n) is 4.29. The van der Waals surface area contributed by atoms with Crippen LogP contribution in [0.2, 0.25) is 0 Å². The van der Waals surface area contributed by atoms with Crippen molar-refractivity contribution in [2.45, 2.75) is 13.8 Å². The van der Waals surface area contributed by atoms with Crippen LogP contribution in [0.3, 0.4) is 0 Å². The molecule has 0 spiro atoms. The monoisotopic (exact) mass is 387 g/mol. The van der Waals surface area contributed by atoms with Gasteiger partial charge in [-0.25, -0.2) is 0 Å². The summed E-state index contributed by atoms with van der Waals surface area (Å²) >= 11 is 0. The summed E-state index contributed by atoms with van der Waals surface area (Å²) in [6.07, 6.45) is 1.33. The molecule has 1 heterocycles. The molecule has 0 bridgehead atoms. The molecule has 0 fully saturated rings. The molecule has 0 aliphatic carbocycles. The van der Waals surface area contributed by atoms with Gasteiger partial charge in [-0.2, -0.15) is 5.26 Å². The molecule has 1 N–H and O–H groups in total. The Bertz CT molecular complexity index is 1150. The van der Waals surface area contributed by atoms with E-state index in [0.29, 0.717) is 22.8 Å². The first kappa shape index (κ1) is 19.6. The Morgan fingerprint density at radius 1 is 1.14 bits per heavy atom. The summed E-state index contributed by atoms with van der Waals surface area (Å²) in [6.45, 7) is 3.75. The van der Waals surface area contributed by atoms with Crippen LogP contribution in [0, 0.1) is 35.3 Å². The van der Waals surface area contributed by atoms with Crippen LogP contribution in [0.25, 0.3) is 17.4 Å². The lowest BCUT2D eigenvalue weighted by atomic mass is 10.1. The number of non-ortho nitro benzene ring substituents is 1. The second-order valence-corrected chi connectivity index (χ2v) is 6.45. The first-order chi connectivity index (χ1) is 13.9. The second-order valence-electron chi connectivity index (χ2n) is 6.45. The average molecular weight is 387 g/mol. The summed E-state index contributed by atoms with van der Waals surface area (Å²) in [4.78, 5) is 22.9. The van der Waals surface area contributed by atoms with Crippen molar-refractivity contribution in [3.05, 3.63) is 87.2 Å². The fourth-order valence-electron chi connectivity index (χ4n) is 2.69. The van der Waals surface area contributed by atoms with Gasteiger partial charge in [0.2, 0.25) is 0 Å². The van der Waals surface area contributed by atoms with E-state index >= 15 is 0 Å². The van der Waals surface area contributed by atoms with Crippen molar-refractivity contribution >= 4 is 23.4 Å². The third kappa shape index (κ3) is 4.57. The number of benzene rings is 2. The molecule has 3 rings (SSSR count). The topological polar surface area (TPSA) is 109 Å². The maximum absolute atomic E-state index is 12.4. The molecule has 144 valence electrons. The van der Waals surface area contributed by atoms with Gasteiger partial charge in [-0.05, 0) is 43.7 Å². The third-order valence-corrected chi connectivity index (χ3v) is 4.29. The molecule has 0 radical (unpaired) electrons. The summed E-state index contributed by atoms with van der Waals surface area (Å²) in [6, 6.07) is 16.8. The zero-order chi connectivity index (χ0) is 21.0. The predicted octanol–water partition coefficient (Wildman–Crippen LogP) is 5.02. The molecular formula is C22H17N3O4. The highest BCUT2D eigenvalue weighted by atomic mass is 16.6. The number of amides is 1. The number of nitriles is 1. The number of nitrogens with zero attached hydrogens (tertiary/aromatic N) is 2. The Kier molecular flexibility index (Phi) is 5.56. The second kappa shape index (κ2) is 8.23. The molecular weight excluding hydrogens is 370 g/mol. The summed E-state index contributed by atoms with van der Waals surface area (Å²) in [5, 5.41) is 23.0. The van der Waals surface area contributed by atoms with Crippen LogP contribution in [-0.2, 0) is 4.79 Å². The van der Waals surface area contributed by atoms with Crippen LogP contribution in [0.5, 0.6) is 0 Å². The number of furan rings is 1. The lowest BCUT2D eigenvalue weighted by molar-refractivity contribution is -0.384. The number of aryl methyl sites for hydroxylation is 2. The normalized spacial score (nSPS) is 11.0. The lowest BCUT2D eigenvalue weighted by Gasteiger charge is -2.04. The van der Waals surface area contributed by atoms with Gasteiger partial charge in [0.25, 0.3) is 11.6 Å². The molecule has 3 aromatic rings. The minimum atomic E-state index is -0.555. The fraction of sp³-hybridized carbons (Fsp3) is 0.0909. The van der Waals surface area contributed by atoms with E-state index in [1.165, 1.54) is 18.2 Å². The molecule has 7 nitrogen and oxygen atoms in total. The molecule has 0 aliphatic heterocycles. The molecule has 0 aliphatic rings. The van der Waals surface area contributed by atoms with Crippen molar-refractivity contribution in [2.24, 2.45) is 0 Å².